The molecule has 0 radical (unpaired) electrons. The third-order valence-electron chi connectivity index (χ3n) is 5.59. The maximum absolute atomic E-state index is 13.5. The van der Waals surface area contributed by atoms with Gasteiger partial charge in [-0.25, -0.2) is 13.6 Å². The van der Waals surface area contributed by atoms with Gasteiger partial charge in [-0.1, -0.05) is 39.0 Å². The number of ether oxygens (including phenoxy) is 1. The van der Waals surface area contributed by atoms with Crippen LogP contribution in [-0.2, 0) is 24.2 Å². The lowest BCUT2D eigenvalue weighted by Gasteiger charge is -2.30. The molecule has 0 aromatic heterocycles. The van der Waals surface area contributed by atoms with E-state index < -0.39 is 29.9 Å². The van der Waals surface area contributed by atoms with Gasteiger partial charge in [-0.3, -0.25) is 0 Å². The predicted octanol–water partition coefficient (Wildman–Crippen LogP) is 3.95. The van der Waals surface area contributed by atoms with Crippen molar-refractivity contribution in [2.24, 2.45) is 5.41 Å². The van der Waals surface area contributed by atoms with Gasteiger partial charge in [-0.15, -0.1) is 0 Å². The Morgan fingerprint density at radius 2 is 1.85 bits per heavy atom. The molecule has 3 rings (SSSR count). The fourth-order valence-electron chi connectivity index (χ4n) is 4.20. The Kier molecular flexibility index (Phi) is 8.05. The molecule has 4 N–H and O–H groups in total. The van der Waals surface area contributed by atoms with Gasteiger partial charge < -0.3 is 25.6 Å². The van der Waals surface area contributed by atoms with E-state index in [-0.39, 0.29) is 30.0 Å². The first-order chi connectivity index (χ1) is 15.5. The van der Waals surface area contributed by atoms with E-state index >= 15 is 0 Å². The van der Waals surface area contributed by atoms with Gasteiger partial charge >= 0.3 is 6.09 Å². The van der Waals surface area contributed by atoms with E-state index in [9.17, 15) is 23.8 Å². The number of halogens is 2. The zero-order valence-corrected chi connectivity index (χ0v) is 19.2. The van der Waals surface area contributed by atoms with Gasteiger partial charge in [0.1, 0.15) is 11.6 Å². The topological polar surface area (TPSA) is 90.8 Å². The molecule has 1 aliphatic rings. The molecule has 0 saturated carbocycles. The summed E-state index contributed by atoms with van der Waals surface area (Å²) in [6.45, 7) is 7.55. The van der Waals surface area contributed by atoms with Crippen LogP contribution < -0.4 is 10.6 Å². The second-order valence-corrected chi connectivity index (χ2v) is 9.85. The molecule has 0 aliphatic carbocycles. The zero-order chi connectivity index (χ0) is 24.2. The van der Waals surface area contributed by atoms with E-state index in [0.717, 1.165) is 35.7 Å². The normalized spacial score (nSPS) is 17.8. The summed E-state index contributed by atoms with van der Waals surface area (Å²) in [4.78, 5) is 11.2. The molecule has 0 fully saturated rings. The Morgan fingerprint density at radius 3 is 2.48 bits per heavy atom. The van der Waals surface area contributed by atoms with Crippen LogP contribution in [0.3, 0.4) is 0 Å². The fraction of sp³-hybridized carbons (Fsp3) is 0.480. The van der Waals surface area contributed by atoms with Gasteiger partial charge in [0.2, 0.25) is 0 Å². The summed E-state index contributed by atoms with van der Waals surface area (Å²) < 4.78 is 32.8. The number of aliphatic hydroxyl groups excluding tert-OH is 1. The van der Waals surface area contributed by atoms with Crippen LogP contribution in [0.2, 0.25) is 0 Å². The van der Waals surface area contributed by atoms with Gasteiger partial charge in [0.15, 0.2) is 0 Å². The molecule has 0 bridgehead atoms. The molecule has 1 aliphatic heterocycles. The molecule has 2 aromatic rings. The van der Waals surface area contributed by atoms with Crippen molar-refractivity contribution in [3.63, 3.8) is 0 Å². The summed E-state index contributed by atoms with van der Waals surface area (Å²) in [5, 5.41) is 25.4. The maximum atomic E-state index is 13.5. The second-order valence-electron chi connectivity index (χ2n) is 9.85. The van der Waals surface area contributed by atoms with Crippen LogP contribution in [0.4, 0.5) is 13.6 Å². The molecule has 2 aromatic carbocycles. The minimum atomic E-state index is -1.32. The lowest BCUT2D eigenvalue weighted by atomic mass is 9.86. The number of nitrogens with one attached hydrogen (secondary N) is 2. The summed E-state index contributed by atoms with van der Waals surface area (Å²) in [6.07, 6.45) is -1.59. The Hall–Kier alpha value is -2.55. The van der Waals surface area contributed by atoms with Crippen molar-refractivity contribution >= 4 is 6.09 Å². The van der Waals surface area contributed by atoms with Crippen molar-refractivity contribution in [2.75, 3.05) is 13.2 Å². The van der Waals surface area contributed by atoms with Gasteiger partial charge in [0.05, 0.1) is 31.4 Å². The van der Waals surface area contributed by atoms with Crippen LogP contribution in [0.5, 0.6) is 0 Å². The van der Waals surface area contributed by atoms with E-state index in [4.69, 9.17) is 4.74 Å². The number of carbonyl (C=O) groups is 1. The highest BCUT2D eigenvalue weighted by molar-refractivity contribution is 5.65. The summed E-state index contributed by atoms with van der Waals surface area (Å²) in [5.74, 6) is -1.51. The zero-order valence-electron chi connectivity index (χ0n) is 19.2. The van der Waals surface area contributed by atoms with Crippen molar-refractivity contribution < 1.29 is 28.5 Å². The van der Waals surface area contributed by atoms with E-state index in [2.05, 4.69) is 49.6 Å². The molecule has 8 heteroatoms. The van der Waals surface area contributed by atoms with E-state index in [1.54, 1.807) is 0 Å². The number of aliphatic hydroxyl groups is 1. The van der Waals surface area contributed by atoms with Crippen molar-refractivity contribution in [1.82, 2.24) is 10.6 Å². The highest BCUT2D eigenvalue weighted by atomic mass is 19.1. The van der Waals surface area contributed by atoms with Crippen molar-refractivity contribution in [1.29, 1.82) is 0 Å². The first-order valence-corrected chi connectivity index (χ1v) is 11.1. The number of hydrogen-bond acceptors (Lipinski definition) is 4. The third kappa shape index (κ3) is 7.48. The maximum Gasteiger partial charge on any atom is 0.404 e. The number of rotatable bonds is 8. The Bertz CT molecular complexity index is 957. The van der Waals surface area contributed by atoms with Gasteiger partial charge in [0.25, 0.3) is 0 Å². The van der Waals surface area contributed by atoms with Crippen LogP contribution in [0.15, 0.2) is 36.4 Å². The molecule has 33 heavy (non-hydrogen) atoms. The van der Waals surface area contributed by atoms with E-state index in [1.807, 2.05) is 0 Å². The molecular formula is C25H32F2N2O4. The average Bonchev–Trinajstić information content (AvgIpc) is 2.69. The number of hydrogen-bond donors (Lipinski definition) is 4. The van der Waals surface area contributed by atoms with Gasteiger partial charge in [-0.05, 0) is 52.6 Å². The first kappa shape index (κ1) is 25.1. The van der Waals surface area contributed by atoms with Crippen LogP contribution in [-0.4, -0.2) is 41.6 Å². The SMILES string of the molecule is CC(C)(C)Cc1ccc2c(c1)C(NC[C@@H](O)[C@H](Cc1cc(F)cc(F)c1)NC(=O)O)COC2. The standard InChI is InChI=1S/C25H32F2N2O4/c1-25(2,3)11-15-4-5-17-13-33-14-22(20(17)8-15)28-12-23(30)21(29-24(31)32)9-16-6-18(26)10-19(27)7-16/h4-8,10,21-23,28-30H,9,11-14H2,1-3H3,(H,31,32)/t21-,22?,23+/m0/s1. The van der Waals surface area contributed by atoms with E-state index in [1.165, 1.54) is 5.56 Å². The summed E-state index contributed by atoms with van der Waals surface area (Å²) in [6, 6.07) is 8.21. The largest absolute Gasteiger partial charge is 0.465 e. The molecule has 180 valence electrons. The van der Waals surface area contributed by atoms with Crippen LogP contribution in [0.1, 0.15) is 49.1 Å². The number of amides is 1. The molecule has 1 heterocycles. The fourth-order valence-corrected chi connectivity index (χ4v) is 4.20. The molecule has 3 atom stereocenters. The Balaban J connectivity index is 1.70. The van der Waals surface area contributed by atoms with Gasteiger partial charge in [-0.2, -0.15) is 0 Å². The van der Waals surface area contributed by atoms with Gasteiger partial charge in [0, 0.05) is 12.6 Å². The molecular weight excluding hydrogens is 430 g/mol. The molecule has 6 nitrogen and oxygen atoms in total. The summed E-state index contributed by atoms with van der Waals surface area (Å²) >= 11 is 0. The Morgan fingerprint density at radius 1 is 1.15 bits per heavy atom. The lowest BCUT2D eigenvalue weighted by molar-refractivity contribution is 0.0697. The second kappa shape index (κ2) is 10.6. The minimum absolute atomic E-state index is 0.0582. The Labute approximate surface area is 193 Å². The first-order valence-electron chi connectivity index (χ1n) is 11.1. The highest BCUT2D eigenvalue weighted by Crippen LogP contribution is 2.29. The smallest absolute Gasteiger partial charge is 0.404 e. The van der Waals surface area contributed by atoms with Crippen molar-refractivity contribution in [3.05, 3.63) is 70.3 Å². The van der Waals surface area contributed by atoms with Crippen LogP contribution >= 0.6 is 0 Å². The number of carboxylic acid groups (broad SMARTS) is 1. The lowest BCUT2D eigenvalue weighted by Crippen LogP contribution is -2.49. The minimum Gasteiger partial charge on any atom is -0.465 e. The van der Waals surface area contributed by atoms with Crippen LogP contribution in [0, 0.1) is 17.0 Å². The number of benzene rings is 2. The van der Waals surface area contributed by atoms with Crippen molar-refractivity contribution in [2.45, 2.75) is 58.4 Å². The third-order valence-corrected chi connectivity index (χ3v) is 5.59. The molecule has 1 amide bonds. The molecule has 0 saturated heterocycles. The quantitative estimate of drug-likeness (QED) is 0.477. The van der Waals surface area contributed by atoms with Crippen molar-refractivity contribution in [3.8, 4) is 0 Å². The summed E-state index contributed by atoms with van der Waals surface area (Å²) in [7, 11) is 0. The molecule has 0 spiro atoms. The number of fused-ring (bicyclic) bond motifs is 1. The summed E-state index contributed by atoms with van der Waals surface area (Å²) in [5.41, 5.74) is 3.79. The molecule has 1 unspecified atom stereocenters. The predicted molar refractivity (Wildman–Crippen MR) is 121 cm³/mol. The van der Waals surface area contributed by atoms with E-state index in [0.29, 0.717) is 13.2 Å². The van der Waals surface area contributed by atoms with Crippen LogP contribution in [0.25, 0.3) is 0 Å². The average molecular weight is 463 g/mol. The monoisotopic (exact) mass is 462 g/mol. The highest BCUT2D eigenvalue weighted by Gasteiger charge is 2.26.